The molecule has 7 nitrogen and oxygen atoms in total. The van der Waals surface area contributed by atoms with Crippen molar-refractivity contribution in [3.05, 3.63) is 63.6 Å². The van der Waals surface area contributed by atoms with Gasteiger partial charge in [-0.15, -0.1) is 0 Å². The number of carbonyl (C=O) groups excluding carboxylic acids is 2. The number of rotatable bonds is 12. The average Bonchev–Trinajstić information content (AvgIpc) is 2.82. The highest BCUT2D eigenvalue weighted by Crippen LogP contribution is 2.27. The fourth-order valence-electron chi connectivity index (χ4n) is 3.55. The van der Waals surface area contributed by atoms with Gasteiger partial charge in [0.25, 0.3) is 0 Å². The monoisotopic (exact) mass is 577 g/mol. The molecule has 0 saturated carbocycles. The van der Waals surface area contributed by atoms with Crippen LogP contribution in [0.2, 0.25) is 10.0 Å². The van der Waals surface area contributed by atoms with E-state index in [-0.39, 0.29) is 43.6 Å². The van der Waals surface area contributed by atoms with E-state index in [1.165, 1.54) is 4.90 Å². The van der Waals surface area contributed by atoms with Crippen molar-refractivity contribution < 1.29 is 26.8 Å². The van der Waals surface area contributed by atoms with Crippen molar-refractivity contribution >= 4 is 50.7 Å². The molecule has 2 aromatic carbocycles. The molecule has 2 rings (SSSR count). The van der Waals surface area contributed by atoms with Crippen LogP contribution < -0.4 is 9.62 Å². The van der Waals surface area contributed by atoms with Crippen LogP contribution in [0.15, 0.2) is 36.4 Å². The van der Waals surface area contributed by atoms with Gasteiger partial charge in [0.1, 0.15) is 6.04 Å². The average molecular weight is 579 g/mol. The van der Waals surface area contributed by atoms with Crippen molar-refractivity contribution in [3.63, 3.8) is 0 Å². The summed E-state index contributed by atoms with van der Waals surface area (Å²) in [6, 6.07) is 6.71. The maximum atomic E-state index is 13.7. The van der Waals surface area contributed by atoms with Crippen LogP contribution in [0.5, 0.6) is 0 Å². The minimum absolute atomic E-state index is 0.0363. The second-order valence-corrected chi connectivity index (χ2v) is 11.5. The molecule has 0 aliphatic carbocycles. The molecule has 0 heterocycles. The molecule has 1 N–H and O–H groups in total. The Bertz CT molecular complexity index is 1210. The molecule has 2 aromatic rings. The zero-order valence-corrected chi connectivity index (χ0v) is 23.4. The Morgan fingerprint density at radius 2 is 1.68 bits per heavy atom. The zero-order chi connectivity index (χ0) is 27.9. The highest BCUT2D eigenvalue weighted by atomic mass is 35.5. The normalized spacial score (nSPS) is 13.1. The molecule has 204 valence electrons. The molecule has 0 spiro atoms. The van der Waals surface area contributed by atoms with Crippen LogP contribution in [0.1, 0.15) is 45.6 Å². The van der Waals surface area contributed by atoms with Gasteiger partial charge >= 0.3 is 0 Å². The molecule has 0 saturated heterocycles. The fourth-order valence-corrected chi connectivity index (χ4v) is 5.02. The second kappa shape index (κ2) is 13.4. The standard InChI is InChI=1S/C25H31Cl2F2N3O4S/c1-5-16(2)30-25(34)17(3)31(15-19-20(26)8-6-9-21(19)27)24(33)10-7-13-32(37(4,35)36)18-11-12-22(28)23(29)14-18/h6,8-9,11-12,14,16-17H,5,7,10,13,15H2,1-4H3,(H,30,34)/t16-,17+/m1/s1. The molecule has 0 aliphatic heterocycles. The number of nitrogens with zero attached hydrogens (tertiary/aromatic N) is 2. The number of hydrogen-bond acceptors (Lipinski definition) is 4. The number of hydrogen-bond donors (Lipinski definition) is 1. The molecule has 0 aromatic heterocycles. The highest BCUT2D eigenvalue weighted by Gasteiger charge is 2.28. The van der Waals surface area contributed by atoms with Crippen molar-refractivity contribution in [1.29, 1.82) is 0 Å². The SMILES string of the molecule is CC[C@@H](C)NC(=O)[C@H](C)N(Cc1c(Cl)cccc1Cl)C(=O)CCCN(c1ccc(F)c(F)c1)S(C)(=O)=O. The Balaban J connectivity index is 2.25. The van der Waals surface area contributed by atoms with Crippen molar-refractivity contribution in [2.45, 2.75) is 58.7 Å². The lowest BCUT2D eigenvalue weighted by Gasteiger charge is -2.30. The minimum Gasteiger partial charge on any atom is -0.352 e. The third-order valence-corrected chi connectivity index (χ3v) is 7.80. The first-order chi connectivity index (χ1) is 17.3. The molecule has 0 bridgehead atoms. The van der Waals surface area contributed by atoms with E-state index in [4.69, 9.17) is 23.2 Å². The molecule has 0 aliphatic rings. The van der Waals surface area contributed by atoms with Gasteiger partial charge < -0.3 is 10.2 Å². The fraction of sp³-hybridized carbons (Fsp3) is 0.440. The number of benzene rings is 2. The lowest BCUT2D eigenvalue weighted by molar-refractivity contribution is -0.140. The van der Waals surface area contributed by atoms with Crippen LogP contribution in [-0.4, -0.2) is 50.0 Å². The smallest absolute Gasteiger partial charge is 0.242 e. The van der Waals surface area contributed by atoms with Gasteiger partial charge in [-0.3, -0.25) is 13.9 Å². The van der Waals surface area contributed by atoms with Crippen molar-refractivity contribution in [1.82, 2.24) is 10.2 Å². The highest BCUT2D eigenvalue weighted by molar-refractivity contribution is 7.92. The summed E-state index contributed by atoms with van der Waals surface area (Å²) in [7, 11) is -3.85. The molecular formula is C25H31Cl2F2N3O4S. The zero-order valence-electron chi connectivity index (χ0n) is 21.1. The van der Waals surface area contributed by atoms with Gasteiger partial charge in [0.2, 0.25) is 21.8 Å². The van der Waals surface area contributed by atoms with E-state index in [9.17, 15) is 26.8 Å². The van der Waals surface area contributed by atoms with Crippen molar-refractivity contribution in [3.8, 4) is 0 Å². The number of sulfonamides is 1. The van der Waals surface area contributed by atoms with Gasteiger partial charge in [0.05, 0.1) is 11.9 Å². The number of carbonyl (C=O) groups is 2. The van der Waals surface area contributed by atoms with Crippen LogP contribution in [0, 0.1) is 11.6 Å². The van der Waals surface area contributed by atoms with Crippen molar-refractivity contribution in [2.24, 2.45) is 0 Å². The summed E-state index contributed by atoms with van der Waals surface area (Å²) in [6.07, 6.45) is 1.56. The Morgan fingerprint density at radius 1 is 1.05 bits per heavy atom. The predicted molar refractivity (Wildman–Crippen MR) is 142 cm³/mol. The second-order valence-electron chi connectivity index (χ2n) is 8.75. The minimum atomic E-state index is -3.85. The number of halogens is 4. The summed E-state index contributed by atoms with van der Waals surface area (Å²) in [5.74, 6) is -3.08. The Hall–Kier alpha value is -2.43. The first-order valence-electron chi connectivity index (χ1n) is 11.7. The Kier molecular flexibility index (Phi) is 11.1. The lowest BCUT2D eigenvalue weighted by Crippen LogP contribution is -2.49. The van der Waals surface area contributed by atoms with E-state index in [1.807, 2.05) is 13.8 Å². The Labute approximate surface area is 226 Å². The predicted octanol–water partition coefficient (Wildman–Crippen LogP) is 5.15. The molecule has 2 atom stereocenters. The van der Waals surface area contributed by atoms with Gasteiger partial charge in [0, 0.05) is 47.2 Å². The van der Waals surface area contributed by atoms with Crippen LogP contribution in [0.3, 0.4) is 0 Å². The summed E-state index contributed by atoms with van der Waals surface area (Å²) in [6.45, 7) is 5.15. The first-order valence-corrected chi connectivity index (χ1v) is 14.3. The van der Waals surface area contributed by atoms with E-state index in [0.29, 0.717) is 22.0 Å². The number of anilines is 1. The van der Waals surface area contributed by atoms with E-state index in [2.05, 4.69) is 5.32 Å². The molecular weight excluding hydrogens is 547 g/mol. The topological polar surface area (TPSA) is 86.8 Å². The van der Waals surface area contributed by atoms with Crippen LogP contribution in [-0.2, 0) is 26.2 Å². The maximum absolute atomic E-state index is 13.7. The van der Waals surface area contributed by atoms with Gasteiger partial charge in [-0.1, -0.05) is 36.2 Å². The molecule has 37 heavy (non-hydrogen) atoms. The van der Waals surface area contributed by atoms with Crippen LogP contribution in [0.4, 0.5) is 14.5 Å². The number of amides is 2. The third kappa shape index (κ3) is 8.55. The van der Waals surface area contributed by atoms with Crippen LogP contribution in [0.25, 0.3) is 0 Å². The first kappa shape index (κ1) is 30.8. The van der Waals surface area contributed by atoms with Gasteiger partial charge in [-0.2, -0.15) is 0 Å². The summed E-state index contributed by atoms with van der Waals surface area (Å²) in [4.78, 5) is 27.5. The van der Waals surface area contributed by atoms with E-state index in [0.717, 1.165) is 28.8 Å². The van der Waals surface area contributed by atoms with Crippen molar-refractivity contribution in [2.75, 3.05) is 17.1 Å². The molecule has 0 radical (unpaired) electrons. The Morgan fingerprint density at radius 3 is 2.22 bits per heavy atom. The number of nitrogens with one attached hydrogen (secondary N) is 1. The van der Waals surface area contributed by atoms with E-state index >= 15 is 0 Å². The van der Waals surface area contributed by atoms with Gasteiger partial charge in [0.15, 0.2) is 11.6 Å². The quantitative estimate of drug-likeness (QED) is 0.378. The summed E-state index contributed by atoms with van der Waals surface area (Å²) in [5.41, 5.74) is 0.414. The third-order valence-electron chi connectivity index (χ3n) is 5.90. The molecule has 0 unspecified atom stereocenters. The summed E-state index contributed by atoms with van der Waals surface area (Å²) >= 11 is 12.6. The molecule has 0 fully saturated rings. The largest absolute Gasteiger partial charge is 0.352 e. The molecule has 2 amide bonds. The molecule has 12 heteroatoms. The lowest BCUT2D eigenvalue weighted by atomic mass is 10.1. The van der Waals surface area contributed by atoms with Crippen LogP contribution >= 0.6 is 23.2 Å². The van der Waals surface area contributed by atoms with Gasteiger partial charge in [-0.05, 0) is 51.0 Å². The van der Waals surface area contributed by atoms with E-state index in [1.54, 1.807) is 25.1 Å². The summed E-state index contributed by atoms with van der Waals surface area (Å²) < 4.78 is 52.6. The van der Waals surface area contributed by atoms with Gasteiger partial charge in [-0.25, -0.2) is 17.2 Å². The van der Waals surface area contributed by atoms with E-state index < -0.39 is 33.6 Å². The summed E-state index contributed by atoms with van der Waals surface area (Å²) in [5, 5.41) is 3.52. The maximum Gasteiger partial charge on any atom is 0.242 e.